The number of hydrogen-bond donors (Lipinski definition) is 2. The highest BCUT2D eigenvalue weighted by Gasteiger charge is 2.14. The number of hydrogen-bond acceptors (Lipinski definition) is 2. The molecule has 0 spiro atoms. The van der Waals surface area contributed by atoms with Crippen molar-refractivity contribution in [1.82, 2.24) is 10.6 Å². The van der Waals surface area contributed by atoms with Crippen molar-refractivity contribution in [2.75, 3.05) is 19.6 Å². The summed E-state index contributed by atoms with van der Waals surface area (Å²) >= 11 is 11.9. The molecule has 2 N–H and O–H groups in total. The van der Waals surface area contributed by atoms with Crippen molar-refractivity contribution in [1.29, 1.82) is 0 Å². The van der Waals surface area contributed by atoms with Crippen molar-refractivity contribution in [3.05, 3.63) is 33.8 Å². The Morgan fingerprint density at radius 3 is 2.95 bits per heavy atom. The zero-order valence-corrected chi connectivity index (χ0v) is 12.9. The smallest absolute Gasteiger partial charge is 0.220 e. The van der Waals surface area contributed by atoms with Gasteiger partial charge in [0.05, 0.1) is 0 Å². The molecule has 1 saturated heterocycles. The number of aryl methyl sites for hydroxylation is 1. The van der Waals surface area contributed by atoms with Gasteiger partial charge in [-0.25, -0.2) is 0 Å². The molecule has 1 amide bonds. The standard InChI is InChI=1S/C15H20Cl2N2O/c16-13-5-3-12(14(17)8-13)4-6-15(20)19-10-11-2-1-7-18-9-11/h3,5,8,11,18H,1-2,4,6-7,9-10H2,(H,19,20). The van der Waals surface area contributed by atoms with E-state index in [1.54, 1.807) is 12.1 Å². The quantitative estimate of drug-likeness (QED) is 0.877. The van der Waals surface area contributed by atoms with Crippen molar-refractivity contribution < 1.29 is 4.79 Å². The first-order valence-corrected chi connectivity index (χ1v) is 7.82. The summed E-state index contributed by atoms with van der Waals surface area (Å²) in [5.41, 5.74) is 0.963. The molecule has 0 radical (unpaired) electrons. The zero-order valence-electron chi connectivity index (χ0n) is 11.4. The predicted octanol–water partition coefficient (Wildman–Crippen LogP) is 3.04. The first kappa shape index (κ1) is 15.6. The van der Waals surface area contributed by atoms with Crippen molar-refractivity contribution in [3.63, 3.8) is 0 Å². The number of nitrogens with one attached hydrogen (secondary N) is 2. The topological polar surface area (TPSA) is 41.1 Å². The Bertz CT molecular complexity index is 459. The van der Waals surface area contributed by atoms with Crippen LogP contribution < -0.4 is 10.6 Å². The number of piperidine rings is 1. The molecule has 2 rings (SSSR count). The van der Waals surface area contributed by atoms with Crippen LogP contribution in [0.15, 0.2) is 18.2 Å². The van der Waals surface area contributed by atoms with Crippen LogP contribution in [0.25, 0.3) is 0 Å². The molecule has 1 fully saturated rings. The summed E-state index contributed by atoms with van der Waals surface area (Å²) < 4.78 is 0. The second-order valence-electron chi connectivity index (χ2n) is 5.25. The molecular weight excluding hydrogens is 295 g/mol. The van der Waals surface area contributed by atoms with Crippen LogP contribution in [0.5, 0.6) is 0 Å². The Kier molecular flexibility index (Phi) is 6.14. The lowest BCUT2D eigenvalue weighted by molar-refractivity contribution is -0.121. The largest absolute Gasteiger partial charge is 0.356 e. The fourth-order valence-electron chi connectivity index (χ4n) is 2.42. The lowest BCUT2D eigenvalue weighted by Gasteiger charge is -2.22. The minimum absolute atomic E-state index is 0.0848. The molecule has 20 heavy (non-hydrogen) atoms. The third-order valence-corrected chi connectivity index (χ3v) is 4.21. The lowest BCUT2D eigenvalue weighted by Crippen LogP contribution is -2.38. The van der Waals surface area contributed by atoms with Crippen molar-refractivity contribution in [2.24, 2.45) is 5.92 Å². The van der Waals surface area contributed by atoms with Gasteiger partial charge >= 0.3 is 0 Å². The summed E-state index contributed by atoms with van der Waals surface area (Å²) in [6.07, 6.45) is 3.49. The third kappa shape index (κ3) is 4.97. The summed E-state index contributed by atoms with van der Waals surface area (Å²) in [6.45, 7) is 2.86. The van der Waals surface area contributed by atoms with Crippen LogP contribution in [0.4, 0.5) is 0 Å². The van der Waals surface area contributed by atoms with Gasteiger partial charge in [-0.15, -0.1) is 0 Å². The number of amides is 1. The molecule has 1 heterocycles. The summed E-state index contributed by atoms with van der Waals surface area (Å²) in [5.74, 6) is 0.647. The average molecular weight is 315 g/mol. The number of benzene rings is 1. The van der Waals surface area contributed by atoms with E-state index in [2.05, 4.69) is 10.6 Å². The number of halogens is 2. The van der Waals surface area contributed by atoms with Crippen molar-refractivity contribution in [2.45, 2.75) is 25.7 Å². The van der Waals surface area contributed by atoms with Crippen LogP contribution >= 0.6 is 23.2 Å². The van der Waals surface area contributed by atoms with E-state index in [1.807, 2.05) is 6.07 Å². The van der Waals surface area contributed by atoms with Gasteiger partial charge in [-0.1, -0.05) is 29.3 Å². The molecule has 1 aliphatic heterocycles. The van der Waals surface area contributed by atoms with Gasteiger partial charge in [0.2, 0.25) is 5.91 Å². The van der Waals surface area contributed by atoms with E-state index in [0.717, 1.165) is 25.2 Å². The van der Waals surface area contributed by atoms with E-state index in [0.29, 0.717) is 28.8 Å². The van der Waals surface area contributed by atoms with Gasteiger partial charge in [-0.3, -0.25) is 4.79 Å². The van der Waals surface area contributed by atoms with Crippen LogP contribution in [0.2, 0.25) is 10.0 Å². The Morgan fingerprint density at radius 2 is 2.25 bits per heavy atom. The predicted molar refractivity (Wildman–Crippen MR) is 83.4 cm³/mol. The van der Waals surface area contributed by atoms with E-state index < -0.39 is 0 Å². The van der Waals surface area contributed by atoms with Crippen LogP contribution in [-0.2, 0) is 11.2 Å². The molecule has 1 aliphatic rings. The third-order valence-electron chi connectivity index (χ3n) is 3.62. The molecule has 0 saturated carbocycles. The highest BCUT2D eigenvalue weighted by molar-refractivity contribution is 6.35. The molecule has 1 atom stereocenters. The van der Waals surface area contributed by atoms with Gasteiger partial charge in [0.25, 0.3) is 0 Å². The summed E-state index contributed by atoms with van der Waals surface area (Å²) in [5, 5.41) is 7.60. The second kappa shape index (κ2) is 7.87. The zero-order chi connectivity index (χ0) is 14.4. The molecule has 1 aromatic rings. The first-order valence-electron chi connectivity index (χ1n) is 7.06. The van der Waals surface area contributed by atoms with Crippen molar-refractivity contribution in [3.8, 4) is 0 Å². The molecule has 1 aromatic carbocycles. The van der Waals surface area contributed by atoms with Gasteiger partial charge < -0.3 is 10.6 Å². The second-order valence-corrected chi connectivity index (χ2v) is 6.10. The fraction of sp³-hybridized carbons (Fsp3) is 0.533. The Hall–Kier alpha value is -0.770. The molecular formula is C15H20Cl2N2O. The first-order chi connectivity index (χ1) is 9.65. The highest BCUT2D eigenvalue weighted by Crippen LogP contribution is 2.22. The van der Waals surface area contributed by atoms with Gasteiger partial charge in [0, 0.05) is 23.0 Å². The van der Waals surface area contributed by atoms with Crippen LogP contribution in [-0.4, -0.2) is 25.5 Å². The Morgan fingerprint density at radius 1 is 1.40 bits per heavy atom. The van der Waals surface area contributed by atoms with E-state index in [4.69, 9.17) is 23.2 Å². The SMILES string of the molecule is O=C(CCc1ccc(Cl)cc1Cl)NCC1CCCNC1. The van der Waals surface area contributed by atoms with Gasteiger partial charge in [0.15, 0.2) is 0 Å². The fourth-order valence-corrected chi connectivity index (χ4v) is 2.92. The molecule has 5 heteroatoms. The van der Waals surface area contributed by atoms with E-state index in [1.165, 1.54) is 12.8 Å². The van der Waals surface area contributed by atoms with E-state index in [-0.39, 0.29) is 5.91 Å². The van der Waals surface area contributed by atoms with E-state index in [9.17, 15) is 4.79 Å². The van der Waals surface area contributed by atoms with Crippen molar-refractivity contribution >= 4 is 29.1 Å². The summed E-state index contributed by atoms with van der Waals surface area (Å²) in [6, 6.07) is 5.39. The monoisotopic (exact) mass is 314 g/mol. The highest BCUT2D eigenvalue weighted by atomic mass is 35.5. The maximum Gasteiger partial charge on any atom is 0.220 e. The summed E-state index contributed by atoms with van der Waals surface area (Å²) in [4.78, 5) is 11.8. The molecule has 0 bridgehead atoms. The number of rotatable bonds is 5. The minimum atomic E-state index is 0.0848. The maximum atomic E-state index is 11.8. The minimum Gasteiger partial charge on any atom is -0.356 e. The maximum absolute atomic E-state index is 11.8. The normalized spacial score (nSPS) is 18.8. The molecule has 110 valence electrons. The molecule has 1 unspecified atom stereocenters. The molecule has 3 nitrogen and oxygen atoms in total. The molecule has 0 aromatic heterocycles. The average Bonchev–Trinajstić information content (AvgIpc) is 2.45. The van der Waals surface area contributed by atoms with E-state index >= 15 is 0 Å². The van der Waals surface area contributed by atoms with Gasteiger partial charge in [-0.2, -0.15) is 0 Å². The van der Waals surface area contributed by atoms with Gasteiger partial charge in [0.1, 0.15) is 0 Å². The van der Waals surface area contributed by atoms with Crippen LogP contribution in [0.1, 0.15) is 24.8 Å². The molecule has 0 aliphatic carbocycles. The lowest BCUT2D eigenvalue weighted by atomic mass is 10.00. The Balaban J connectivity index is 1.71. The van der Waals surface area contributed by atoms with Crippen LogP contribution in [0.3, 0.4) is 0 Å². The Labute approximate surface area is 130 Å². The number of carbonyl (C=O) groups excluding carboxylic acids is 1. The van der Waals surface area contributed by atoms with Gasteiger partial charge in [-0.05, 0) is 56.0 Å². The number of carbonyl (C=O) groups is 1. The summed E-state index contributed by atoms with van der Waals surface area (Å²) in [7, 11) is 0. The van der Waals surface area contributed by atoms with Crippen LogP contribution in [0, 0.1) is 5.92 Å².